The minimum absolute atomic E-state index is 0.00746. The van der Waals surface area contributed by atoms with Crippen LogP contribution in [-0.2, 0) is 16.1 Å². The van der Waals surface area contributed by atoms with Gasteiger partial charge in [0, 0.05) is 24.9 Å². The Balaban J connectivity index is 2.01. The van der Waals surface area contributed by atoms with E-state index < -0.39 is 0 Å². The molecule has 0 saturated carbocycles. The molecule has 0 aliphatic heterocycles. The summed E-state index contributed by atoms with van der Waals surface area (Å²) in [4.78, 5) is 11.4. The zero-order valence-electron chi connectivity index (χ0n) is 10.7. The van der Waals surface area contributed by atoms with Crippen molar-refractivity contribution in [2.45, 2.75) is 20.0 Å². The van der Waals surface area contributed by atoms with Crippen molar-refractivity contribution in [1.29, 1.82) is 0 Å². The van der Waals surface area contributed by atoms with Gasteiger partial charge in [0.1, 0.15) is 0 Å². The fourth-order valence-corrected chi connectivity index (χ4v) is 1.53. The van der Waals surface area contributed by atoms with Crippen LogP contribution in [0.1, 0.15) is 18.9 Å². The molecule has 3 nitrogen and oxygen atoms in total. The van der Waals surface area contributed by atoms with Crippen molar-refractivity contribution in [3.63, 3.8) is 0 Å². The first kappa shape index (κ1) is 15.0. The van der Waals surface area contributed by atoms with Crippen LogP contribution in [-0.4, -0.2) is 24.9 Å². The van der Waals surface area contributed by atoms with Gasteiger partial charge in [-0.25, -0.2) is 0 Å². The molecule has 1 atom stereocenters. The normalized spacial score (nSPS) is 12.1. The van der Waals surface area contributed by atoms with E-state index in [-0.39, 0.29) is 11.8 Å². The van der Waals surface area contributed by atoms with Gasteiger partial charge in [-0.15, -0.1) is 11.6 Å². The second-order valence-electron chi connectivity index (χ2n) is 4.24. The van der Waals surface area contributed by atoms with E-state index in [4.69, 9.17) is 16.3 Å². The third kappa shape index (κ3) is 6.03. The van der Waals surface area contributed by atoms with E-state index in [2.05, 4.69) is 5.32 Å². The molecule has 100 valence electrons. The Morgan fingerprint density at radius 1 is 1.39 bits per heavy atom. The van der Waals surface area contributed by atoms with Crippen molar-refractivity contribution in [3.05, 3.63) is 35.9 Å². The molecule has 0 bridgehead atoms. The fourth-order valence-electron chi connectivity index (χ4n) is 1.39. The summed E-state index contributed by atoms with van der Waals surface area (Å²) in [6.07, 6.45) is 0.813. The van der Waals surface area contributed by atoms with Gasteiger partial charge in [-0.05, 0) is 12.0 Å². The second-order valence-corrected chi connectivity index (χ2v) is 4.55. The molecule has 0 fully saturated rings. The number of hydrogen-bond acceptors (Lipinski definition) is 2. The lowest BCUT2D eigenvalue weighted by molar-refractivity contribution is -0.123. The maximum Gasteiger partial charge on any atom is 0.224 e. The summed E-state index contributed by atoms with van der Waals surface area (Å²) in [7, 11) is 0. The molecule has 0 spiro atoms. The van der Waals surface area contributed by atoms with Gasteiger partial charge in [0.2, 0.25) is 5.91 Å². The Bertz CT molecular complexity index is 343. The van der Waals surface area contributed by atoms with Gasteiger partial charge < -0.3 is 10.1 Å². The van der Waals surface area contributed by atoms with E-state index in [0.717, 1.165) is 12.0 Å². The molecule has 1 unspecified atom stereocenters. The van der Waals surface area contributed by atoms with Crippen molar-refractivity contribution in [2.75, 3.05) is 19.0 Å². The molecular formula is C14H20ClNO2. The Labute approximate surface area is 113 Å². The van der Waals surface area contributed by atoms with Gasteiger partial charge >= 0.3 is 0 Å². The number of benzene rings is 1. The van der Waals surface area contributed by atoms with Gasteiger partial charge in [0.25, 0.3) is 0 Å². The van der Waals surface area contributed by atoms with E-state index in [9.17, 15) is 4.79 Å². The SMILES string of the molecule is CC(CCl)C(=O)NCCCOCc1ccccc1. The van der Waals surface area contributed by atoms with Crippen LogP contribution in [0.4, 0.5) is 0 Å². The highest BCUT2D eigenvalue weighted by molar-refractivity contribution is 6.19. The number of ether oxygens (including phenoxy) is 1. The molecular weight excluding hydrogens is 250 g/mol. The molecule has 0 aromatic heterocycles. The number of halogens is 1. The van der Waals surface area contributed by atoms with E-state index >= 15 is 0 Å². The molecule has 0 radical (unpaired) electrons. The first-order valence-corrected chi connectivity index (χ1v) is 6.73. The fraction of sp³-hybridized carbons (Fsp3) is 0.500. The third-order valence-corrected chi connectivity index (χ3v) is 3.02. The molecule has 1 rings (SSSR count). The van der Waals surface area contributed by atoms with Gasteiger partial charge in [-0.3, -0.25) is 4.79 Å². The number of hydrogen-bond donors (Lipinski definition) is 1. The first-order valence-electron chi connectivity index (χ1n) is 6.19. The van der Waals surface area contributed by atoms with Crippen LogP contribution >= 0.6 is 11.6 Å². The topological polar surface area (TPSA) is 38.3 Å². The molecule has 1 N–H and O–H groups in total. The van der Waals surface area contributed by atoms with Gasteiger partial charge in [0.15, 0.2) is 0 Å². The highest BCUT2D eigenvalue weighted by Gasteiger charge is 2.09. The van der Waals surface area contributed by atoms with Crippen molar-refractivity contribution in [2.24, 2.45) is 5.92 Å². The van der Waals surface area contributed by atoms with Gasteiger partial charge in [-0.1, -0.05) is 37.3 Å². The highest BCUT2D eigenvalue weighted by Crippen LogP contribution is 2.01. The molecule has 4 heteroatoms. The maximum absolute atomic E-state index is 11.4. The lowest BCUT2D eigenvalue weighted by Gasteiger charge is -2.09. The van der Waals surface area contributed by atoms with Crippen LogP contribution < -0.4 is 5.32 Å². The van der Waals surface area contributed by atoms with Crippen LogP contribution in [0.15, 0.2) is 30.3 Å². The minimum Gasteiger partial charge on any atom is -0.377 e. The van der Waals surface area contributed by atoms with E-state index in [1.807, 2.05) is 37.3 Å². The summed E-state index contributed by atoms with van der Waals surface area (Å²) in [6.45, 7) is 3.71. The number of alkyl halides is 1. The minimum atomic E-state index is -0.128. The van der Waals surface area contributed by atoms with Crippen LogP contribution in [0.25, 0.3) is 0 Å². The van der Waals surface area contributed by atoms with E-state index in [0.29, 0.717) is 25.6 Å². The lowest BCUT2D eigenvalue weighted by atomic mass is 10.2. The van der Waals surface area contributed by atoms with E-state index in [1.165, 1.54) is 0 Å². The average molecular weight is 270 g/mol. The summed E-state index contributed by atoms with van der Waals surface area (Å²) in [5.74, 6) is 0.237. The van der Waals surface area contributed by atoms with Crippen molar-refractivity contribution in [3.8, 4) is 0 Å². The summed E-state index contributed by atoms with van der Waals surface area (Å²) in [5, 5.41) is 2.83. The Kier molecular flexibility index (Phi) is 7.46. The lowest BCUT2D eigenvalue weighted by Crippen LogP contribution is -2.31. The number of carbonyl (C=O) groups is 1. The average Bonchev–Trinajstić information content (AvgIpc) is 2.42. The monoisotopic (exact) mass is 269 g/mol. The Morgan fingerprint density at radius 3 is 2.78 bits per heavy atom. The number of carbonyl (C=O) groups excluding carboxylic acids is 1. The highest BCUT2D eigenvalue weighted by atomic mass is 35.5. The smallest absolute Gasteiger partial charge is 0.224 e. The van der Waals surface area contributed by atoms with E-state index in [1.54, 1.807) is 0 Å². The Morgan fingerprint density at radius 2 is 2.11 bits per heavy atom. The second kappa shape index (κ2) is 8.95. The molecule has 1 amide bonds. The molecule has 18 heavy (non-hydrogen) atoms. The van der Waals surface area contributed by atoms with Crippen LogP contribution in [0.5, 0.6) is 0 Å². The number of nitrogens with one attached hydrogen (secondary N) is 1. The maximum atomic E-state index is 11.4. The largest absolute Gasteiger partial charge is 0.377 e. The zero-order chi connectivity index (χ0) is 13.2. The summed E-state index contributed by atoms with van der Waals surface area (Å²) < 4.78 is 5.51. The molecule has 0 aliphatic carbocycles. The summed E-state index contributed by atoms with van der Waals surface area (Å²) in [5.41, 5.74) is 1.16. The standard InChI is InChI=1S/C14H20ClNO2/c1-12(10-15)14(17)16-8-5-9-18-11-13-6-3-2-4-7-13/h2-4,6-7,12H,5,8-11H2,1H3,(H,16,17). The van der Waals surface area contributed by atoms with Gasteiger partial charge in [-0.2, -0.15) is 0 Å². The molecule has 1 aromatic carbocycles. The quantitative estimate of drug-likeness (QED) is 0.582. The summed E-state index contributed by atoms with van der Waals surface area (Å²) in [6, 6.07) is 10.0. The Hall–Kier alpha value is -1.06. The molecule has 0 heterocycles. The summed E-state index contributed by atoms with van der Waals surface area (Å²) >= 11 is 5.59. The molecule has 0 aliphatic rings. The molecule has 0 saturated heterocycles. The van der Waals surface area contributed by atoms with Crippen molar-refractivity contribution in [1.82, 2.24) is 5.32 Å². The van der Waals surface area contributed by atoms with Crippen molar-refractivity contribution < 1.29 is 9.53 Å². The number of amides is 1. The third-order valence-electron chi connectivity index (χ3n) is 2.56. The van der Waals surface area contributed by atoms with Crippen LogP contribution in [0.3, 0.4) is 0 Å². The number of rotatable bonds is 8. The predicted molar refractivity (Wildman–Crippen MR) is 73.6 cm³/mol. The van der Waals surface area contributed by atoms with Gasteiger partial charge in [0.05, 0.1) is 6.61 Å². The van der Waals surface area contributed by atoms with Crippen molar-refractivity contribution >= 4 is 17.5 Å². The molecule has 1 aromatic rings. The predicted octanol–water partition coefficient (Wildman–Crippen LogP) is 2.58. The van der Waals surface area contributed by atoms with Crippen LogP contribution in [0, 0.1) is 5.92 Å². The van der Waals surface area contributed by atoms with Crippen LogP contribution in [0.2, 0.25) is 0 Å². The zero-order valence-corrected chi connectivity index (χ0v) is 11.5. The first-order chi connectivity index (χ1) is 8.74.